The quantitative estimate of drug-likeness (QED) is 0.300. The summed E-state index contributed by atoms with van der Waals surface area (Å²) in [7, 11) is 5.61. The number of anilines is 2. The first-order chi connectivity index (χ1) is 19.3. The van der Waals surface area contributed by atoms with Crippen LogP contribution >= 0.6 is 11.8 Å². The topological polar surface area (TPSA) is 112 Å². The minimum absolute atomic E-state index is 0.0358. The Bertz CT molecular complexity index is 1140. The van der Waals surface area contributed by atoms with E-state index in [1.54, 1.807) is 76.2 Å². The molecule has 2 aromatic carbocycles. The molecule has 41 heavy (non-hydrogen) atoms. The van der Waals surface area contributed by atoms with Crippen molar-refractivity contribution in [1.29, 1.82) is 0 Å². The van der Waals surface area contributed by atoms with Gasteiger partial charge in [0.2, 0.25) is 11.8 Å². The number of benzene rings is 2. The van der Waals surface area contributed by atoms with Crippen molar-refractivity contribution in [3.05, 3.63) is 48.5 Å². The van der Waals surface area contributed by atoms with E-state index in [4.69, 9.17) is 18.9 Å². The van der Waals surface area contributed by atoms with E-state index in [9.17, 15) is 19.2 Å². The van der Waals surface area contributed by atoms with Gasteiger partial charge in [0.15, 0.2) is 0 Å². The molecule has 2 aromatic rings. The highest BCUT2D eigenvalue weighted by atomic mass is 32.2. The number of thioether (sulfide) groups is 1. The monoisotopic (exact) mass is 588 g/mol. The molecule has 0 heterocycles. The van der Waals surface area contributed by atoms with Crippen molar-refractivity contribution in [3.63, 3.8) is 0 Å². The van der Waals surface area contributed by atoms with Gasteiger partial charge in [0.25, 0.3) is 0 Å². The van der Waals surface area contributed by atoms with Crippen LogP contribution in [0.1, 0.15) is 27.7 Å². The molecule has 0 spiro atoms. The number of para-hydroxylation sites is 4. The fourth-order valence-corrected chi connectivity index (χ4v) is 4.94. The van der Waals surface area contributed by atoms with Crippen molar-refractivity contribution < 1.29 is 38.1 Å². The third-order valence-corrected chi connectivity index (χ3v) is 7.29. The number of carbonyl (C=O) groups excluding carboxylic acids is 4. The molecule has 0 saturated heterocycles. The van der Waals surface area contributed by atoms with Crippen molar-refractivity contribution in [1.82, 2.24) is 0 Å². The molecule has 0 unspecified atom stereocenters. The molecule has 0 aliphatic heterocycles. The Labute approximate surface area is 246 Å². The predicted octanol–water partition coefficient (Wildman–Crippen LogP) is 4.20. The SMILES string of the molecule is COC(=O)C(C)(C)CN(C(=O)CSCC(=O)N(CC(C)(C)C(=O)OC)c1ccccc1OC)c1ccccc1OC. The van der Waals surface area contributed by atoms with Crippen LogP contribution in [-0.4, -0.2) is 76.8 Å². The van der Waals surface area contributed by atoms with E-state index in [1.165, 1.54) is 38.2 Å². The van der Waals surface area contributed by atoms with Gasteiger partial charge in [0.1, 0.15) is 11.5 Å². The van der Waals surface area contributed by atoms with E-state index in [0.717, 1.165) is 11.8 Å². The number of methoxy groups -OCH3 is 4. The van der Waals surface area contributed by atoms with Crippen LogP contribution in [-0.2, 0) is 28.7 Å². The van der Waals surface area contributed by atoms with Crippen LogP contribution in [0.2, 0.25) is 0 Å². The fourth-order valence-electron chi connectivity index (χ4n) is 4.17. The van der Waals surface area contributed by atoms with Gasteiger partial charge in [-0.05, 0) is 52.0 Å². The maximum absolute atomic E-state index is 13.6. The molecule has 0 saturated carbocycles. The molecule has 0 aliphatic carbocycles. The summed E-state index contributed by atoms with van der Waals surface area (Å²) >= 11 is 1.13. The van der Waals surface area contributed by atoms with Gasteiger partial charge in [-0.3, -0.25) is 19.2 Å². The van der Waals surface area contributed by atoms with Gasteiger partial charge in [-0.2, -0.15) is 0 Å². The van der Waals surface area contributed by atoms with E-state index in [-0.39, 0.29) is 36.4 Å². The van der Waals surface area contributed by atoms with E-state index in [0.29, 0.717) is 22.9 Å². The van der Waals surface area contributed by atoms with Gasteiger partial charge in [-0.15, -0.1) is 11.8 Å². The number of hydrogen-bond acceptors (Lipinski definition) is 9. The summed E-state index contributed by atoms with van der Waals surface area (Å²) in [6.45, 7) is 6.85. The van der Waals surface area contributed by atoms with Gasteiger partial charge >= 0.3 is 11.9 Å². The molecule has 0 aromatic heterocycles. The molecular formula is C30H40N2O8S. The molecule has 224 valence electrons. The molecule has 0 radical (unpaired) electrons. The Morgan fingerprint density at radius 2 is 0.976 bits per heavy atom. The standard InChI is InChI=1S/C30H40N2O8S/c1-29(2,27(35)39-7)19-31(21-13-9-11-15-23(21)37-5)25(33)17-41-18-26(34)32(20-30(3,4)28(36)40-8)22-14-10-12-16-24(22)38-6/h9-16H,17-20H2,1-8H3. The zero-order chi connectivity index (χ0) is 30.8. The Hall–Kier alpha value is -3.73. The lowest BCUT2D eigenvalue weighted by Gasteiger charge is -2.32. The van der Waals surface area contributed by atoms with Crippen LogP contribution < -0.4 is 19.3 Å². The van der Waals surface area contributed by atoms with Crippen molar-refractivity contribution in [3.8, 4) is 11.5 Å². The first-order valence-electron chi connectivity index (χ1n) is 12.9. The molecular weight excluding hydrogens is 548 g/mol. The number of amides is 2. The van der Waals surface area contributed by atoms with Gasteiger partial charge in [0.05, 0.1) is 62.1 Å². The molecule has 0 bridgehead atoms. The van der Waals surface area contributed by atoms with Crippen LogP contribution in [0.25, 0.3) is 0 Å². The van der Waals surface area contributed by atoms with Crippen LogP contribution in [0.3, 0.4) is 0 Å². The third kappa shape index (κ3) is 8.63. The van der Waals surface area contributed by atoms with Crippen LogP contribution in [0.5, 0.6) is 11.5 Å². The summed E-state index contributed by atoms with van der Waals surface area (Å²) in [6, 6.07) is 14.0. The number of carbonyl (C=O) groups is 4. The third-order valence-electron chi connectivity index (χ3n) is 6.39. The van der Waals surface area contributed by atoms with Gasteiger partial charge in [-0.1, -0.05) is 24.3 Å². The molecule has 2 rings (SSSR count). The second-order valence-electron chi connectivity index (χ2n) is 10.5. The second-order valence-corrected chi connectivity index (χ2v) is 11.5. The number of hydrogen-bond donors (Lipinski definition) is 0. The molecule has 0 N–H and O–H groups in total. The van der Waals surface area contributed by atoms with Crippen molar-refractivity contribution in [2.45, 2.75) is 27.7 Å². The summed E-state index contributed by atoms with van der Waals surface area (Å²) in [4.78, 5) is 55.0. The highest BCUT2D eigenvalue weighted by Crippen LogP contribution is 2.33. The molecule has 11 heteroatoms. The van der Waals surface area contributed by atoms with E-state index < -0.39 is 22.8 Å². The molecule has 10 nitrogen and oxygen atoms in total. The molecule has 0 fully saturated rings. The summed E-state index contributed by atoms with van der Waals surface area (Å²) < 4.78 is 20.8. The maximum Gasteiger partial charge on any atom is 0.313 e. The Kier molecular flexibility index (Phi) is 12.1. The first kappa shape index (κ1) is 33.5. The zero-order valence-electron chi connectivity index (χ0n) is 25.0. The van der Waals surface area contributed by atoms with Gasteiger partial charge in [-0.25, -0.2) is 0 Å². The average molecular weight is 589 g/mol. The smallest absolute Gasteiger partial charge is 0.313 e. The Morgan fingerprint density at radius 1 is 0.634 bits per heavy atom. The van der Waals surface area contributed by atoms with Crippen LogP contribution in [0.4, 0.5) is 11.4 Å². The summed E-state index contributed by atoms with van der Waals surface area (Å²) in [5.41, 5.74) is -1.02. The lowest BCUT2D eigenvalue weighted by molar-refractivity contribution is -0.151. The molecule has 0 aliphatic rings. The molecule has 0 atom stereocenters. The lowest BCUT2D eigenvalue weighted by atomic mass is 9.92. The number of rotatable bonds is 14. The van der Waals surface area contributed by atoms with Crippen molar-refractivity contribution >= 4 is 46.9 Å². The number of nitrogens with zero attached hydrogens (tertiary/aromatic N) is 2. The summed E-state index contributed by atoms with van der Waals surface area (Å²) in [5, 5.41) is 0. The average Bonchev–Trinajstić information content (AvgIpc) is 2.97. The van der Waals surface area contributed by atoms with Gasteiger partial charge in [0, 0.05) is 13.1 Å². The zero-order valence-corrected chi connectivity index (χ0v) is 25.8. The number of esters is 2. The maximum atomic E-state index is 13.6. The van der Waals surface area contributed by atoms with Gasteiger partial charge < -0.3 is 28.7 Å². The van der Waals surface area contributed by atoms with Crippen LogP contribution in [0, 0.1) is 10.8 Å². The predicted molar refractivity (Wildman–Crippen MR) is 160 cm³/mol. The normalized spacial score (nSPS) is 11.3. The lowest BCUT2D eigenvalue weighted by Crippen LogP contribution is -2.45. The van der Waals surface area contributed by atoms with Crippen molar-refractivity contribution in [2.75, 3.05) is 62.8 Å². The van der Waals surface area contributed by atoms with E-state index in [1.807, 2.05) is 0 Å². The minimum Gasteiger partial charge on any atom is -0.495 e. The van der Waals surface area contributed by atoms with Crippen LogP contribution in [0.15, 0.2) is 48.5 Å². The minimum atomic E-state index is -1.01. The molecule has 2 amide bonds. The Balaban J connectivity index is 2.30. The highest BCUT2D eigenvalue weighted by molar-refractivity contribution is 8.00. The Morgan fingerprint density at radius 3 is 1.29 bits per heavy atom. The largest absolute Gasteiger partial charge is 0.495 e. The second kappa shape index (κ2) is 14.8. The summed E-state index contributed by atoms with van der Waals surface area (Å²) in [6.07, 6.45) is 0. The highest BCUT2D eigenvalue weighted by Gasteiger charge is 2.36. The fraction of sp³-hybridized carbons (Fsp3) is 0.467. The number of ether oxygens (including phenoxy) is 4. The van der Waals surface area contributed by atoms with E-state index in [2.05, 4.69) is 0 Å². The van der Waals surface area contributed by atoms with E-state index >= 15 is 0 Å². The summed E-state index contributed by atoms with van der Waals surface area (Å²) in [5.74, 6) is -0.735. The van der Waals surface area contributed by atoms with Crippen molar-refractivity contribution in [2.24, 2.45) is 10.8 Å². The first-order valence-corrected chi connectivity index (χ1v) is 14.1.